The number of benzene rings is 1. The van der Waals surface area contributed by atoms with Gasteiger partial charge in [-0.3, -0.25) is 10.1 Å². The third-order valence-electron chi connectivity index (χ3n) is 3.58. The van der Waals surface area contributed by atoms with Crippen LogP contribution < -0.4 is 26.0 Å². The zero-order chi connectivity index (χ0) is 19.1. The summed E-state index contributed by atoms with van der Waals surface area (Å²) in [6, 6.07) is 6.94. The number of aromatic nitrogens is 2. The molecule has 0 radical (unpaired) electrons. The Bertz CT molecular complexity index is 750. The zero-order valence-electron chi connectivity index (χ0n) is 15.1. The van der Waals surface area contributed by atoms with Crippen molar-refractivity contribution in [1.29, 1.82) is 0 Å². The Morgan fingerprint density at radius 3 is 2.54 bits per heavy atom. The van der Waals surface area contributed by atoms with Crippen molar-refractivity contribution in [3.05, 3.63) is 34.4 Å². The molecule has 26 heavy (non-hydrogen) atoms. The van der Waals surface area contributed by atoms with Crippen molar-refractivity contribution in [3.63, 3.8) is 0 Å². The van der Waals surface area contributed by atoms with Crippen LogP contribution in [0.1, 0.15) is 6.42 Å². The lowest BCUT2D eigenvalue weighted by atomic mass is 10.3. The molecule has 0 saturated heterocycles. The highest BCUT2D eigenvalue weighted by Crippen LogP contribution is 2.31. The number of rotatable bonds is 9. The smallest absolute Gasteiger partial charge is 0.353 e. The monoisotopic (exact) mass is 362 g/mol. The van der Waals surface area contributed by atoms with Gasteiger partial charge in [0.1, 0.15) is 5.75 Å². The minimum atomic E-state index is -0.597. The minimum Gasteiger partial charge on any atom is -0.497 e. The van der Waals surface area contributed by atoms with Crippen LogP contribution in [-0.4, -0.2) is 49.2 Å². The van der Waals surface area contributed by atoms with Crippen molar-refractivity contribution in [2.24, 2.45) is 0 Å². The maximum absolute atomic E-state index is 11.3. The largest absolute Gasteiger partial charge is 0.497 e. The van der Waals surface area contributed by atoms with Crippen LogP contribution >= 0.6 is 0 Å². The van der Waals surface area contributed by atoms with Gasteiger partial charge in [-0.1, -0.05) is 0 Å². The van der Waals surface area contributed by atoms with Crippen LogP contribution in [0.25, 0.3) is 0 Å². The Hall–Kier alpha value is -3.14. The van der Waals surface area contributed by atoms with Gasteiger partial charge in [0.15, 0.2) is 0 Å². The standard InChI is InChI=1S/C16H23N7O3/c1-22(2)10-4-9-18-16-20-14(17)13(23(24)25)15(21-16)19-11-5-7-12(26-3)8-6-11/h5-8H,4,9-10H2,1-3H3,(H4,17,18,19,20,21)/p+1. The summed E-state index contributed by atoms with van der Waals surface area (Å²) in [6.07, 6.45) is 0.907. The van der Waals surface area contributed by atoms with E-state index in [-0.39, 0.29) is 23.3 Å². The summed E-state index contributed by atoms with van der Waals surface area (Å²) in [6.45, 7) is 1.62. The molecular weight excluding hydrogens is 338 g/mol. The normalized spacial score (nSPS) is 10.6. The van der Waals surface area contributed by atoms with Gasteiger partial charge in [0, 0.05) is 18.7 Å². The van der Waals surface area contributed by atoms with Gasteiger partial charge < -0.3 is 26.0 Å². The van der Waals surface area contributed by atoms with Gasteiger partial charge in [-0.05, 0) is 24.3 Å². The molecule has 0 aliphatic carbocycles. The molecule has 140 valence electrons. The number of nitro groups is 1. The summed E-state index contributed by atoms with van der Waals surface area (Å²) in [5.74, 6) is 0.769. The summed E-state index contributed by atoms with van der Waals surface area (Å²) in [7, 11) is 5.70. The number of hydrogen-bond donors (Lipinski definition) is 4. The number of nitrogens with zero attached hydrogens (tertiary/aromatic N) is 3. The highest BCUT2D eigenvalue weighted by Gasteiger charge is 2.23. The van der Waals surface area contributed by atoms with E-state index in [1.807, 2.05) is 0 Å². The highest BCUT2D eigenvalue weighted by atomic mass is 16.6. The number of nitrogens with one attached hydrogen (secondary N) is 3. The molecule has 10 nitrogen and oxygen atoms in total. The van der Waals surface area contributed by atoms with Crippen molar-refractivity contribution in [3.8, 4) is 5.75 Å². The summed E-state index contributed by atoms with van der Waals surface area (Å²) in [5, 5.41) is 17.3. The molecule has 0 fully saturated rings. The average Bonchev–Trinajstić information content (AvgIpc) is 2.58. The molecule has 0 amide bonds. The molecule has 0 unspecified atom stereocenters. The van der Waals surface area contributed by atoms with Gasteiger partial charge in [-0.2, -0.15) is 9.97 Å². The molecule has 0 aliphatic rings. The highest BCUT2D eigenvalue weighted by molar-refractivity contribution is 5.74. The first kappa shape index (κ1) is 19.2. The van der Waals surface area contributed by atoms with Crippen molar-refractivity contribution < 1.29 is 14.6 Å². The SMILES string of the molecule is COc1ccc(Nc2nc(NCCC[NH+](C)C)nc(N)c2[N+](=O)[O-])cc1. The first-order valence-electron chi connectivity index (χ1n) is 8.16. The fourth-order valence-corrected chi connectivity index (χ4v) is 2.27. The van der Waals surface area contributed by atoms with E-state index in [0.29, 0.717) is 18.0 Å². The maximum Gasteiger partial charge on any atom is 0.353 e. The number of nitrogen functional groups attached to an aromatic ring is 1. The number of quaternary nitrogens is 1. The van der Waals surface area contributed by atoms with Crippen LogP contribution in [0.15, 0.2) is 24.3 Å². The summed E-state index contributed by atoms with van der Waals surface area (Å²) in [4.78, 5) is 20.3. The second-order valence-corrected chi connectivity index (χ2v) is 5.98. The molecule has 1 heterocycles. The van der Waals surface area contributed by atoms with E-state index < -0.39 is 4.92 Å². The maximum atomic E-state index is 11.3. The third kappa shape index (κ3) is 5.18. The Labute approximate surface area is 151 Å². The number of anilines is 4. The topological polar surface area (TPSA) is 133 Å². The number of nitrogens with two attached hydrogens (primary N) is 1. The van der Waals surface area contributed by atoms with Crippen LogP contribution in [0.3, 0.4) is 0 Å². The Morgan fingerprint density at radius 1 is 1.27 bits per heavy atom. The molecule has 0 atom stereocenters. The predicted octanol–water partition coefficient (Wildman–Crippen LogP) is 0.666. The second kappa shape index (κ2) is 8.81. The number of hydrogen-bond acceptors (Lipinski definition) is 8. The first-order valence-corrected chi connectivity index (χ1v) is 8.16. The lowest BCUT2D eigenvalue weighted by Crippen LogP contribution is -3.05. The van der Waals surface area contributed by atoms with Crippen LogP contribution in [0, 0.1) is 10.1 Å². The van der Waals surface area contributed by atoms with Crippen LogP contribution in [0.4, 0.5) is 29.0 Å². The van der Waals surface area contributed by atoms with Gasteiger partial charge in [0.2, 0.25) is 17.6 Å². The molecule has 0 aliphatic heterocycles. The van der Waals surface area contributed by atoms with E-state index in [9.17, 15) is 10.1 Å². The van der Waals surface area contributed by atoms with Crippen LogP contribution in [0.2, 0.25) is 0 Å². The molecule has 1 aromatic carbocycles. The van der Waals surface area contributed by atoms with Gasteiger partial charge in [-0.15, -0.1) is 0 Å². The predicted molar refractivity (Wildman–Crippen MR) is 100 cm³/mol. The quantitative estimate of drug-likeness (QED) is 0.291. The van der Waals surface area contributed by atoms with E-state index in [4.69, 9.17) is 10.5 Å². The molecular formula is C16H24N7O3+. The Kier molecular flexibility index (Phi) is 6.50. The molecule has 1 aromatic heterocycles. The van der Waals surface area contributed by atoms with E-state index in [1.165, 1.54) is 4.90 Å². The van der Waals surface area contributed by atoms with E-state index in [2.05, 4.69) is 34.7 Å². The van der Waals surface area contributed by atoms with Crippen LogP contribution in [-0.2, 0) is 0 Å². The molecule has 0 saturated carbocycles. The molecule has 10 heteroatoms. The fourth-order valence-electron chi connectivity index (χ4n) is 2.27. The van der Waals surface area contributed by atoms with E-state index in [0.717, 1.165) is 13.0 Å². The molecule has 2 rings (SSSR count). The van der Waals surface area contributed by atoms with Crippen molar-refractivity contribution >= 4 is 29.0 Å². The Balaban J connectivity index is 2.21. The number of methoxy groups -OCH3 is 1. The summed E-state index contributed by atoms with van der Waals surface area (Å²) >= 11 is 0. The zero-order valence-corrected chi connectivity index (χ0v) is 15.1. The molecule has 2 aromatic rings. The minimum absolute atomic E-state index is 0.0356. The van der Waals surface area contributed by atoms with Gasteiger partial charge in [0.25, 0.3) is 0 Å². The van der Waals surface area contributed by atoms with E-state index >= 15 is 0 Å². The lowest BCUT2D eigenvalue weighted by molar-refractivity contribution is -0.858. The third-order valence-corrected chi connectivity index (χ3v) is 3.58. The van der Waals surface area contributed by atoms with Crippen molar-refractivity contribution in [2.75, 3.05) is 50.7 Å². The van der Waals surface area contributed by atoms with Gasteiger partial charge in [0.05, 0.1) is 32.7 Å². The number of ether oxygens (including phenoxy) is 1. The van der Waals surface area contributed by atoms with Gasteiger partial charge in [-0.25, -0.2) is 0 Å². The second-order valence-electron chi connectivity index (χ2n) is 5.98. The summed E-state index contributed by atoms with van der Waals surface area (Å²) in [5.41, 5.74) is 6.04. The molecule has 5 N–H and O–H groups in total. The molecule has 0 spiro atoms. The fraction of sp³-hybridized carbons (Fsp3) is 0.375. The lowest BCUT2D eigenvalue weighted by Gasteiger charge is -2.11. The van der Waals surface area contributed by atoms with Crippen LogP contribution in [0.5, 0.6) is 5.75 Å². The summed E-state index contributed by atoms with van der Waals surface area (Å²) < 4.78 is 5.10. The van der Waals surface area contributed by atoms with Gasteiger partial charge >= 0.3 is 5.69 Å². The van der Waals surface area contributed by atoms with Crippen molar-refractivity contribution in [1.82, 2.24) is 9.97 Å². The first-order chi connectivity index (χ1) is 12.4. The van der Waals surface area contributed by atoms with Crippen molar-refractivity contribution in [2.45, 2.75) is 6.42 Å². The average molecular weight is 362 g/mol. The Morgan fingerprint density at radius 2 is 1.96 bits per heavy atom. The molecule has 0 bridgehead atoms. The van der Waals surface area contributed by atoms with E-state index in [1.54, 1.807) is 31.4 Å².